The first-order valence-electron chi connectivity index (χ1n) is 5.78. The minimum Gasteiger partial charge on any atom is -0.353 e. The minimum atomic E-state index is 0.174. The van der Waals surface area contributed by atoms with Gasteiger partial charge in [0.15, 0.2) is 0 Å². The van der Waals surface area contributed by atoms with Crippen LogP contribution >= 0.6 is 11.8 Å². The van der Waals surface area contributed by atoms with Crippen LogP contribution in [0.4, 0.5) is 0 Å². The maximum atomic E-state index is 11.4. The molecule has 3 N–H and O–H groups in total. The Morgan fingerprint density at radius 2 is 2.07 bits per heavy atom. The van der Waals surface area contributed by atoms with Crippen molar-refractivity contribution in [2.24, 2.45) is 5.73 Å². The van der Waals surface area contributed by atoms with Crippen molar-refractivity contribution in [1.82, 2.24) is 5.32 Å². The lowest BCUT2D eigenvalue weighted by Gasteiger charge is -2.28. The molecule has 0 saturated heterocycles. The second kappa shape index (κ2) is 7.12. The van der Waals surface area contributed by atoms with Gasteiger partial charge in [0.2, 0.25) is 5.91 Å². The molecule has 1 fully saturated rings. The van der Waals surface area contributed by atoms with Gasteiger partial charge in [0, 0.05) is 17.7 Å². The molecule has 0 aromatic heterocycles. The SMILES string of the molecule is CSC1CCC(NC(=O)CCCN)CC1. The van der Waals surface area contributed by atoms with Crippen molar-refractivity contribution in [3.05, 3.63) is 0 Å². The summed E-state index contributed by atoms with van der Waals surface area (Å²) in [5.74, 6) is 0.174. The van der Waals surface area contributed by atoms with E-state index >= 15 is 0 Å². The standard InChI is InChI=1S/C11H22N2OS/c1-15-10-6-4-9(5-7-10)13-11(14)3-2-8-12/h9-10H,2-8,12H2,1H3,(H,13,14). The third-order valence-electron chi connectivity index (χ3n) is 2.98. The molecule has 15 heavy (non-hydrogen) atoms. The van der Waals surface area contributed by atoms with E-state index in [2.05, 4.69) is 11.6 Å². The third-order valence-corrected chi connectivity index (χ3v) is 4.12. The summed E-state index contributed by atoms with van der Waals surface area (Å²) in [5.41, 5.74) is 5.36. The maximum absolute atomic E-state index is 11.4. The Kier molecular flexibility index (Phi) is 6.10. The lowest BCUT2D eigenvalue weighted by Crippen LogP contribution is -2.38. The van der Waals surface area contributed by atoms with Gasteiger partial charge < -0.3 is 11.1 Å². The van der Waals surface area contributed by atoms with Gasteiger partial charge in [-0.25, -0.2) is 0 Å². The first-order chi connectivity index (χ1) is 7.26. The second-order valence-electron chi connectivity index (χ2n) is 4.17. The van der Waals surface area contributed by atoms with E-state index in [0.29, 0.717) is 19.0 Å². The number of carbonyl (C=O) groups is 1. The van der Waals surface area contributed by atoms with Gasteiger partial charge in [-0.2, -0.15) is 11.8 Å². The fraction of sp³-hybridized carbons (Fsp3) is 0.909. The van der Waals surface area contributed by atoms with Crippen LogP contribution in [-0.2, 0) is 4.79 Å². The number of rotatable bonds is 5. The van der Waals surface area contributed by atoms with Gasteiger partial charge in [0.05, 0.1) is 0 Å². The van der Waals surface area contributed by atoms with E-state index in [-0.39, 0.29) is 5.91 Å². The molecule has 3 nitrogen and oxygen atoms in total. The smallest absolute Gasteiger partial charge is 0.220 e. The van der Waals surface area contributed by atoms with E-state index in [0.717, 1.165) is 24.5 Å². The predicted octanol–water partition coefficient (Wildman–Crippen LogP) is 1.52. The fourth-order valence-electron chi connectivity index (χ4n) is 2.01. The molecule has 0 atom stereocenters. The highest BCUT2D eigenvalue weighted by Gasteiger charge is 2.21. The van der Waals surface area contributed by atoms with Crippen LogP contribution in [0.3, 0.4) is 0 Å². The highest BCUT2D eigenvalue weighted by atomic mass is 32.2. The summed E-state index contributed by atoms with van der Waals surface area (Å²) in [6.45, 7) is 0.604. The normalized spacial score (nSPS) is 26.3. The lowest BCUT2D eigenvalue weighted by atomic mass is 9.95. The van der Waals surface area contributed by atoms with E-state index in [4.69, 9.17) is 5.73 Å². The molecule has 88 valence electrons. The summed E-state index contributed by atoms with van der Waals surface area (Å²) in [7, 11) is 0. The first-order valence-corrected chi connectivity index (χ1v) is 7.07. The summed E-state index contributed by atoms with van der Waals surface area (Å²) in [6.07, 6.45) is 8.31. The number of hydrogen-bond acceptors (Lipinski definition) is 3. The topological polar surface area (TPSA) is 55.1 Å². The molecule has 0 unspecified atom stereocenters. The fourth-order valence-corrected chi connectivity index (χ4v) is 2.75. The van der Waals surface area contributed by atoms with Crippen LogP contribution in [0.5, 0.6) is 0 Å². The second-order valence-corrected chi connectivity index (χ2v) is 5.31. The van der Waals surface area contributed by atoms with Crippen LogP contribution in [-0.4, -0.2) is 30.0 Å². The summed E-state index contributed by atoms with van der Waals surface area (Å²) in [6, 6.07) is 0.415. The van der Waals surface area contributed by atoms with Crippen LogP contribution in [0.25, 0.3) is 0 Å². The van der Waals surface area contributed by atoms with Crippen molar-refractivity contribution >= 4 is 17.7 Å². The Bertz CT molecular complexity index is 191. The van der Waals surface area contributed by atoms with Crippen molar-refractivity contribution in [3.8, 4) is 0 Å². The highest BCUT2D eigenvalue weighted by molar-refractivity contribution is 7.99. The zero-order chi connectivity index (χ0) is 11.1. The maximum Gasteiger partial charge on any atom is 0.220 e. The molecule has 0 heterocycles. The number of hydrogen-bond donors (Lipinski definition) is 2. The average molecular weight is 230 g/mol. The van der Waals surface area contributed by atoms with Gasteiger partial charge in [-0.15, -0.1) is 0 Å². The molecule has 1 aliphatic carbocycles. The summed E-state index contributed by atoms with van der Waals surface area (Å²) in [4.78, 5) is 11.4. The molecule has 0 bridgehead atoms. The van der Waals surface area contributed by atoms with Crippen LogP contribution in [0.1, 0.15) is 38.5 Å². The summed E-state index contributed by atoms with van der Waals surface area (Å²) >= 11 is 1.95. The number of thioether (sulfide) groups is 1. The molecule has 4 heteroatoms. The molecule has 1 aliphatic rings. The van der Waals surface area contributed by atoms with Gasteiger partial charge in [0.1, 0.15) is 0 Å². The van der Waals surface area contributed by atoms with Crippen LogP contribution in [0, 0.1) is 0 Å². The average Bonchev–Trinajstić information content (AvgIpc) is 2.27. The number of nitrogens with one attached hydrogen (secondary N) is 1. The molecule has 1 amide bonds. The molecular formula is C11H22N2OS. The molecule has 0 aromatic carbocycles. The Morgan fingerprint density at radius 3 is 2.60 bits per heavy atom. The van der Waals surface area contributed by atoms with Crippen LogP contribution < -0.4 is 11.1 Å². The quantitative estimate of drug-likeness (QED) is 0.753. The van der Waals surface area contributed by atoms with Crippen molar-refractivity contribution in [2.45, 2.75) is 49.8 Å². The highest BCUT2D eigenvalue weighted by Crippen LogP contribution is 2.26. The Labute approximate surface area is 96.6 Å². The third kappa shape index (κ3) is 4.89. The van der Waals surface area contributed by atoms with Crippen molar-refractivity contribution in [2.75, 3.05) is 12.8 Å². The van der Waals surface area contributed by atoms with E-state index in [1.165, 1.54) is 12.8 Å². The number of amides is 1. The predicted molar refractivity (Wildman–Crippen MR) is 66.0 cm³/mol. The minimum absolute atomic E-state index is 0.174. The van der Waals surface area contributed by atoms with E-state index < -0.39 is 0 Å². The van der Waals surface area contributed by atoms with E-state index in [1.807, 2.05) is 11.8 Å². The van der Waals surface area contributed by atoms with E-state index in [9.17, 15) is 4.79 Å². The summed E-state index contributed by atoms with van der Waals surface area (Å²) < 4.78 is 0. The van der Waals surface area contributed by atoms with Crippen molar-refractivity contribution < 1.29 is 4.79 Å². The Balaban J connectivity index is 2.15. The zero-order valence-corrected chi connectivity index (χ0v) is 10.3. The van der Waals surface area contributed by atoms with E-state index in [1.54, 1.807) is 0 Å². The monoisotopic (exact) mass is 230 g/mol. The van der Waals surface area contributed by atoms with Crippen LogP contribution in [0.2, 0.25) is 0 Å². The molecule has 1 saturated carbocycles. The zero-order valence-electron chi connectivity index (χ0n) is 9.50. The number of carbonyl (C=O) groups excluding carboxylic acids is 1. The van der Waals surface area contributed by atoms with Gasteiger partial charge >= 0.3 is 0 Å². The largest absolute Gasteiger partial charge is 0.353 e. The molecule has 0 radical (unpaired) electrons. The Morgan fingerprint density at radius 1 is 1.40 bits per heavy atom. The van der Waals surface area contributed by atoms with Crippen molar-refractivity contribution in [3.63, 3.8) is 0 Å². The van der Waals surface area contributed by atoms with Crippen molar-refractivity contribution in [1.29, 1.82) is 0 Å². The lowest BCUT2D eigenvalue weighted by molar-refractivity contribution is -0.122. The van der Waals surface area contributed by atoms with Crippen LogP contribution in [0.15, 0.2) is 0 Å². The molecule has 1 rings (SSSR count). The van der Waals surface area contributed by atoms with Gasteiger partial charge in [-0.3, -0.25) is 4.79 Å². The Hall–Kier alpha value is -0.220. The number of nitrogens with two attached hydrogens (primary N) is 1. The first kappa shape index (κ1) is 12.8. The summed E-state index contributed by atoms with van der Waals surface area (Å²) in [5, 5.41) is 3.90. The molecule has 0 aromatic rings. The molecular weight excluding hydrogens is 208 g/mol. The van der Waals surface area contributed by atoms with Gasteiger partial charge in [-0.05, 0) is 44.9 Å². The molecule has 0 spiro atoms. The molecule has 0 aliphatic heterocycles. The van der Waals surface area contributed by atoms with Gasteiger partial charge in [-0.1, -0.05) is 0 Å². The van der Waals surface area contributed by atoms with Gasteiger partial charge in [0.25, 0.3) is 0 Å².